The van der Waals surface area contributed by atoms with Gasteiger partial charge in [0.05, 0.1) is 25.4 Å². The molecular formula is C41H72FNO9. The molecule has 11 heteroatoms. The smallest absolute Gasteiger partial charge is 0.220 e. The van der Waals surface area contributed by atoms with Gasteiger partial charge >= 0.3 is 0 Å². The van der Waals surface area contributed by atoms with E-state index >= 15 is 0 Å². The van der Waals surface area contributed by atoms with Gasteiger partial charge in [0.15, 0.2) is 6.29 Å². The number of aliphatic hydroxyl groups is 6. The predicted molar refractivity (Wildman–Crippen MR) is 201 cm³/mol. The summed E-state index contributed by atoms with van der Waals surface area (Å²) in [7, 11) is 0. The van der Waals surface area contributed by atoms with Gasteiger partial charge in [-0.2, -0.15) is 0 Å². The summed E-state index contributed by atoms with van der Waals surface area (Å²) >= 11 is 0. The van der Waals surface area contributed by atoms with E-state index in [4.69, 9.17) is 9.47 Å². The molecule has 1 heterocycles. The van der Waals surface area contributed by atoms with Crippen LogP contribution in [0.4, 0.5) is 4.39 Å². The van der Waals surface area contributed by atoms with Crippen LogP contribution in [0.2, 0.25) is 0 Å². The summed E-state index contributed by atoms with van der Waals surface area (Å²) < 4.78 is 24.1. The zero-order valence-corrected chi connectivity index (χ0v) is 31.9. The number of aliphatic hydroxyl groups excluding tert-OH is 6. The molecule has 1 aliphatic rings. The summed E-state index contributed by atoms with van der Waals surface area (Å²) in [6.45, 7) is 1.29. The molecule has 10 nitrogen and oxygen atoms in total. The largest absolute Gasteiger partial charge is 0.394 e. The van der Waals surface area contributed by atoms with Gasteiger partial charge in [0.25, 0.3) is 0 Å². The van der Waals surface area contributed by atoms with Crippen molar-refractivity contribution in [1.82, 2.24) is 5.32 Å². The van der Waals surface area contributed by atoms with E-state index in [1.165, 1.54) is 63.5 Å². The molecule has 5 unspecified atom stereocenters. The van der Waals surface area contributed by atoms with Gasteiger partial charge in [0, 0.05) is 6.42 Å². The van der Waals surface area contributed by atoms with E-state index in [9.17, 15) is 39.8 Å². The van der Waals surface area contributed by atoms with Gasteiger partial charge in [-0.1, -0.05) is 135 Å². The molecule has 0 bridgehead atoms. The fraction of sp³-hybridized carbons (Fsp3) is 0.829. The van der Waals surface area contributed by atoms with E-state index < -0.39 is 55.6 Å². The van der Waals surface area contributed by atoms with Crippen molar-refractivity contribution < 1.29 is 49.3 Å². The van der Waals surface area contributed by atoms with E-state index in [1.54, 1.807) is 0 Å². The van der Waals surface area contributed by atoms with E-state index in [2.05, 4.69) is 12.2 Å². The second-order valence-corrected chi connectivity index (χ2v) is 14.9. The van der Waals surface area contributed by atoms with Crippen LogP contribution in [0.15, 0.2) is 24.3 Å². The Morgan fingerprint density at radius 1 is 0.750 bits per heavy atom. The quantitative estimate of drug-likeness (QED) is 0.0452. The Morgan fingerprint density at radius 3 is 1.83 bits per heavy atom. The Balaban J connectivity index is 1.72. The Morgan fingerprint density at radius 2 is 1.27 bits per heavy atom. The zero-order chi connectivity index (χ0) is 38.0. The van der Waals surface area contributed by atoms with Gasteiger partial charge in [-0.15, -0.1) is 0 Å². The number of hydrogen-bond donors (Lipinski definition) is 7. The van der Waals surface area contributed by atoms with Gasteiger partial charge in [-0.3, -0.25) is 4.79 Å². The van der Waals surface area contributed by atoms with Crippen molar-refractivity contribution in [2.45, 2.75) is 204 Å². The van der Waals surface area contributed by atoms with E-state index in [0.717, 1.165) is 82.6 Å². The second kappa shape index (κ2) is 28.7. The number of ether oxygens (including phenoxy) is 2. The van der Waals surface area contributed by atoms with Gasteiger partial charge in [0.1, 0.15) is 36.3 Å². The van der Waals surface area contributed by atoms with Crippen molar-refractivity contribution in [2.24, 2.45) is 0 Å². The van der Waals surface area contributed by atoms with Crippen LogP contribution < -0.4 is 5.32 Å². The van der Waals surface area contributed by atoms with Gasteiger partial charge in [-0.25, -0.2) is 4.39 Å². The summed E-state index contributed by atoms with van der Waals surface area (Å²) in [4.78, 5) is 12.9. The predicted octanol–water partition coefficient (Wildman–Crippen LogP) is 5.99. The number of nitrogens with one attached hydrogen (secondary N) is 1. The van der Waals surface area contributed by atoms with Crippen LogP contribution in [0.3, 0.4) is 0 Å². The molecule has 52 heavy (non-hydrogen) atoms. The molecule has 7 N–H and O–H groups in total. The van der Waals surface area contributed by atoms with Gasteiger partial charge in [0.2, 0.25) is 5.91 Å². The van der Waals surface area contributed by atoms with Crippen LogP contribution in [-0.2, 0) is 20.7 Å². The SMILES string of the molecule is CCCCCCCCCCCCCC[C@@H](O)[C@@H](O)[C@H](COC1OC(CO)C(O)C(O)C1O)NC(=O)CCCCCCCCCCc1ccc(F)cc1. The first-order chi connectivity index (χ1) is 25.2. The molecule has 0 spiro atoms. The maximum Gasteiger partial charge on any atom is 0.220 e. The highest BCUT2D eigenvalue weighted by Gasteiger charge is 2.44. The Kier molecular flexibility index (Phi) is 25.6. The lowest BCUT2D eigenvalue weighted by molar-refractivity contribution is -0.303. The molecule has 1 fully saturated rings. The molecule has 0 saturated carbocycles. The van der Waals surface area contributed by atoms with Crippen molar-refractivity contribution in [3.05, 3.63) is 35.6 Å². The minimum absolute atomic E-state index is 0.210. The molecule has 0 aromatic heterocycles. The van der Waals surface area contributed by atoms with Gasteiger partial charge in [-0.05, 0) is 43.4 Å². The minimum Gasteiger partial charge on any atom is -0.394 e. The second-order valence-electron chi connectivity index (χ2n) is 14.9. The molecule has 1 saturated heterocycles. The fourth-order valence-corrected chi connectivity index (χ4v) is 6.87. The number of unbranched alkanes of at least 4 members (excludes halogenated alkanes) is 18. The Bertz CT molecular complexity index is 1020. The monoisotopic (exact) mass is 742 g/mol. The summed E-state index contributed by atoms with van der Waals surface area (Å²) in [5.74, 6) is -0.502. The number of carbonyl (C=O) groups excluding carboxylic acids is 1. The van der Waals surface area contributed by atoms with Crippen LogP contribution in [0.1, 0.15) is 154 Å². The number of amides is 1. The van der Waals surface area contributed by atoms with Crippen LogP contribution in [0.5, 0.6) is 0 Å². The first-order valence-corrected chi connectivity index (χ1v) is 20.5. The maximum atomic E-state index is 13.0. The molecular weight excluding hydrogens is 669 g/mol. The third kappa shape index (κ3) is 19.6. The minimum atomic E-state index is -1.62. The van der Waals surface area contributed by atoms with Crippen molar-refractivity contribution in [1.29, 1.82) is 0 Å². The molecule has 0 aliphatic carbocycles. The van der Waals surface area contributed by atoms with Crippen molar-refractivity contribution in [2.75, 3.05) is 13.2 Å². The molecule has 1 amide bonds. The average molecular weight is 742 g/mol. The number of rotatable bonds is 31. The number of carbonyl (C=O) groups is 1. The Hall–Kier alpha value is -1.70. The maximum absolute atomic E-state index is 13.0. The Labute approximate surface area is 312 Å². The van der Waals surface area contributed by atoms with Gasteiger partial charge < -0.3 is 45.4 Å². The zero-order valence-electron chi connectivity index (χ0n) is 31.9. The third-order valence-corrected chi connectivity index (χ3v) is 10.3. The highest BCUT2D eigenvalue weighted by Crippen LogP contribution is 2.23. The van der Waals surface area contributed by atoms with E-state index in [-0.39, 0.29) is 24.8 Å². The topological polar surface area (TPSA) is 169 Å². The number of halogens is 1. The van der Waals surface area contributed by atoms with Crippen molar-refractivity contribution in [3.8, 4) is 0 Å². The summed E-state index contributed by atoms with van der Waals surface area (Å²) in [6, 6.07) is 5.66. The molecule has 1 aromatic carbocycles. The molecule has 302 valence electrons. The van der Waals surface area contributed by atoms with Crippen LogP contribution in [-0.4, -0.2) is 98.7 Å². The molecule has 8 atom stereocenters. The summed E-state index contributed by atoms with van der Waals surface area (Å²) in [5, 5.41) is 64.9. The molecule has 2 rings (SSSR count). The number of hydrogen-bond acceptors (Lipinski definition) is 9. The van der Waals surface area contributed by atoms with E-state index in [1.807, 2.05) is 12.1 Å². The van der Waals surface area contributed by atoms with Crippen molar-refractivity contribution >= 4 is 5.91 Å². The van der Waals surface area contributed by atoms with Crippen LogP contribution >= 0.6 is 0 Å². The molecule has 0 radical (unpaired) electrons. The van der Waals surface area contributed by atoms with Crippen LogP contribution in [0, 0.1) is 5.82 Å². The highest BCUT2D eigenvalue weighted by molar-refractivity contribution is 5.76. The highest BCUT2D eigenvalue weighted by atomic mass is 19.1. The first kappa shape index (κ1) is 46.5. The summed E-state index contributed by atoms with van der Waals surface area (Å²) in [5.41, 5.74) is 1.16. The number of aryl methyl sites for hydroxylation is 1. The lowest BCUT2D eigenvalue weighted by Crippen LogP contribution is -2.60. The lowest BCUT2D eigenvalue weighted by Gasteiger charge is -2.40. The molecule has 1 aromatic rings. The fourth-order valence-electron chi connectivity index (χ4n) is 6.87. The van der Waals surface area contributed by atoms with E-state index in [0.29, 0.717) is 12.8 Å². The normalized spacial score (nSPS) is 22.3. The van der Waals surface area contributed by atoms with Crippen molar-refractivity contribution in [3.63, 3.8) is 0 Å². The third-order valence-electron chi connectivity index (χ3n) is 10.3. The summed E-state index contributed by atoms with van der Waals surface area (Å²) in [6.07, 6.45) is 14.1. The standard InChI is InChI=1S/C41H72FNO9/c1-2-3-4-5-6-7-8-9-10-14-17-20-23-34(45)37(47)33(30-51-41-40(50)39(49)38(48)35(29-44)52-41)43-36(46)24-21-18-15-12-11-13-16-19-22-31-25-27-32(42)28-26-31/h25-28,33-35,37-41,44-45,47-50H,2-24,29-30H2,1H3,(H,43,46)/t33-,34+,35?,37-,38?,39?,40?,41?/m0/s1. The number of benzene rings is 1. The average Bonchev–Trinajstić information content (AvgIpc) is 3.14. The lowest BCUT2D eigenvalue weighted by atomic mass is 9.98. The molecule has 1 aliphatic heterocycles. The first-order valence-electron chi connectivity index (χ1n) is 20.5. The van der Waals surface area contributed by atoms with Crippen LogP contribution in [0.25, 0.3) is 0 Å².